The minimum Gasteiger partial charge on any atom is -0.383 e. The molecule has 0 aliphatic heterocycles. The van der Waals surface area contributed by atoms with Crippen LogP contribution in [-0.2, 0) is 4.74 Å². The molecule has 0 aromatic heterocycles. The molecule has 4 nitrogen and oxygen atoms in total. The second-order valence-corrected chi connectivity index (χ2v) is 4.27. The number of hydrogen-bond acceptors (Lipinski definition) is 3. The van der Waals surface area contributed by atoms with Crippen molar-refractivity contribution in [3.05, 3.63) is 34.9 Å². The van der Waals surface area contributed by atoms with Crippen LogP contribution in [0, 0.1) is 13.8 Å². The number of carbonyl (C=O) groups is 1. The summed E-state index contributed by atoms with van der Waals surface area (Å²) in [7, 11) is 1.67. The van der Waals surface area contributed by atoms with Gasteiger partial charge in [0.1, 0.15) is 0 Å². The summed E-state index contributed by atoms with van der Waals surface area (Å²) >= 11 is 0. The van der Waals surface area contributed by atoms with E-state index in [0.29, 0.717) is 13.2 Å². The van der Waals surface area contributed by atoms with Crippen molar-refractivity contribution in [1.29, 1.82) is 0 Å². The van der Waals surface area contributed by atoms with E-state index in [4.69, 9.17) is 4.74 Å². The molecule has 100 valence electrons. The summed E-state index contributed by atoms with van der Waals surface area (Å²) in [6, 6.07) is 5.88. The first-order valence-electron chi connectivity index (χ1n) is 6.21. The number of nitrogens with one attached hydrogen (secondary N) is 2. The van der Waals surface area contributed by atoms with Gasteiger partial charge in [0.25, 0.3) is 5.91 Å². The summed E-state index contributed by atoms with van der Waals surface area (Å²) in [5.74, 6) is -0.000795. The van der Waals surface area contributed by atoms with Crippen LogP contribution < -0.4 is 10.6 Å². The van der Waals surface area contributed by atoms with E-state index >= 15 is 0 Å². The van der Waals surface area contributed by atoms with Crippen molar-refractivity contribution in [2.24, 2.45) is 0 Å². The molecule has 0 aliphatic rings. The Morgan fingerprint density at radius 1 is 1.17 bits per heavy atom. The molecule has 0 unspecified atom stereocenters. The minimum atomic E-state index is -0.000795. The molecule has 1 aromatic rings. The largest absolute Gasteiger partial charge is 0.383 e. The van der Waals surface area contributed by atoms with Crippen molar-refractivity contribution in [1.82, 2.24) is 10.6 Å². The van der Waals surface area contributed by atoms with Crippen molar-refractivity contribution in [3.8, 4) is 0 Å². The summed E-state index contributed by atoms with van der Waals surface area (Å²) in [4.78, 5) is 12.0. The summed E-state index contributed by atoms with van der Waals surface area (Å²) < 4.78 is 4.92. The molecule has 0 fully saturated rings. The third kappa shape index (κ3) is 4.47. The zero-order valence-corrected chi connectivity index (χ0v) is 11.4. The van der Waals surface area contributed by atoms with Crippen LogP contribution in [0.4, 0.5) is 0 Å². The van der Waals surface area contributed by atoms with Crippen LogP contribution in [0.1, 0.15) is 21.5 Å². The maximum Gasteiger partial charge on any atom is 0.251 e. The van der Waals surface area contributed by atoms with Gasteiger partial charge in [-0.1, -0.05) is 18.2 Å². The van der Waals surface area contributed by atoms with E-state index in [1.54, 1.807) is 7.11 Å². The summed E-state index contributed by atoms with van der Waals surface area (Å²) in [5.41, 5.74) is 2.81. The third-order valence-electron chi connectivity index (χ3n) is 2.78. The number of benzene rings is 1. The molecule has 0 radical (unpaired) electrons. The number of aryl methyl sites for hydroxylation is 2. The highest BCUT2D eigenvalue weighted by Gasteiger charge is 2.10. The minimum absolute atomic E-state index is 0.000795. The molecule has 0 aliphatic carbocycles. The zero-order chi connectivity index (χ0) is 13.4. The molecular formula is C14H22N2O2. The third-order valence-corrected chi connectivity index (χ3v) is 2.78. The van der Waals surface area contributed by atoms with Crippen LogP contribution in [0.3, 0.4) is 0 Å². The Morgan fingerprint density at radius 3 is 2.44 bits per heavy atom. The zero-order valence-electron chi connectivity index (χ0n) is 11.4. The number of carbonyl (C=O) groups excluding carboxylic acids is 1. The van der Waals surface area contributed by atoms with E-state index in [-0.39, 0.29) is 5.91 Å². The Kier molecular flexibility index (Phi) is 6.39. The number of hydrogen-bond donors (Lipinski definition) is 2. The number of methoxy groups -OCH3 is 1. The van der Waals surface area contributed by atoms with Gasteiger partial charge in [-0.3, -0.25) is 4.79 Å². The van der Waals surface area contributed by atoms with Crippen molar-refractivity contribution in [3.63, 3.8) is 0 Å². The van der Waals surface area contributed by atoms with Crippen molar-refractivity contribution in [2.45, 2.75) is 13.8 Å². The molecule has 0 saturated heterocycles. The van der Waals surface area contributed by atoms with Gasteiger partial charge in [-0.2, -0.15) is 0 Å². The Morgan fingerprint density at radius 2 is 1.83 bits per heavy atom. The Bertz CT molecular complexity index is 371. The fraction of sp³-hybridized carbons (Fsp3) is 0.500. The Labute approximate surface area is 109 Å². The highest BCUT2D eigenvalue weighted by molar-refractivity contribution is 5.97. The molecule has 0 heterocycles. The standard InChI is InChI=1S/C14H22N2O2/c1-11-5-4-6-12(2)13(11)14(17)16-8-7-15-9-10-18-3/h4-6,15H,7-10H2,1-3H3,(H,16,17). The topological polar surface area (TPSA) is 50.4 Å². The van der Waals surface area contributed by atoms with E-state index in [1.807, 2.05) is 32.0 Å². The van der Waals surface area contributed by atoms with Crippen LogP contribution in [-0.4, -0.2) is 39.3 Å². The van der Waals surface area contributed by atoms with Crippen LogP contribution in [0.15, 0.2) is 18.2 Å². The van der Waals surface area contributed by atoms with Crippen LogP contribution >= 0.6 is 0 Å². The highest BCUT2D eigenvalue weighted by atomic mass is 16.5. The van der Waals surface area contributed by atoms with Gasteiger partial charge in [0.2, 0.25) is 0 Å². The van der Waals surface area contributed by atoms with E-state index in [9.17, 15) is 4.79 Å². The smallest absolute Gasteiger partial charge is 0.251 e. The Balaban J connectivity index is 2.37. The number of rotatable bonds is 7. The van der Waals surface area contributed by atoms with Gasteiger partial charge in [0.15, 0.2) is 0 Å². The molecule has 0 atom stereocenters. The normalized spacial score (nSPS) is 10.4. The maximum atomic E-state index is 12.0. The fourth-order valence-corrected chi connectivity index (χ4v) is 1.82. The lowest BCUT2D eigenvalue weighted by Crippen LogP contribution is -2.33. The molecule has 1 aromatic carbocycles. The van der Waals surface area contributed by atoms with Gasteiger partial charge >= 0.3 is 0 Å². The van der Waals surface area contributed by atoms with Crippen LogP contribution in [0.25, 0.3) is 0 Å². The van der Waals surface area contributed by atoms with Gasteiger partial charge in [-0.25, -0.2) is 0 Å². The Hall–Kier alpha value is -1.39. The van der Waals surface area contributed by atoms with Gasteiger partial charge in [0.05, 0.1) is 6.61 Å². The van der Waals surface area contributed by atoms with Gasteiger partial charge in [-0.15, -0.1) is 0 Å². The van der Waals surface area contributed by atoms with Gasteiger partial charge in [-0.05, 0) is 25.0 Å². The predicted octanol–water partition coefficient (Wildman–Crippen LogP) is 1.27. The lowest BCUT2D eigenvalue weighted by molar-refractivity contribution is 0.0952. The first kappa shape index (κ1) is 14.7. The van der Waals surface area contributed by atoms with E-state index < -0.39 is 0 Å². The van der Waals surface area contributed by atoms with Crippen molar-refractivity contribution in [2.75, 3.05) is 33.4 Å². The molecule has 4 heteroatoms. The SMILES string of the molecule is COCCNCCNC(=O)c1c(C)cccc1C. The van der Waals surface area contributed by atoms with Crippen LogP contribution in [0.2, 0.25) is 0 Å². The average Bonchev–Trinajstić information content (AvgIpc) is 2.33. The fourth-order valence-electron chi connectivity index (χ4n) is 1.82. The maximum absolute atomic E-state index is 12.0. The molecule has 0 spiro atoms. The van der Waals surface area contributed by atoms with Crippen LogP contribution in [0.5, 0.6) is 0 Å². The number of ether oxygens (including phenoxy) is 1. The monoisotopic (exact) mass is 250 g/mol. The van der Waals surface area contributed by atoms with E-state index in [2.05, 4.69) is 10.6 Å². The summed E-state index contributed by atoms with van der Waals surface area (Å²) in [6.07, 6.45) is 0. The second kappa shape index (κ2) is 7.84. The average molecular weight is 250 g/mol. The second-order valence-electron chi connectivity index (χ2n) is 4.27. The molecular weight excluding hydrogens is 228 g/mol. The highest BCUT2D eigenvalue weighted by Crippen LogP contribution is 2.12. The molecule has 0 saturated carbocycles. The van der Waals surface area contributed by atoms with Gasteiger partial charge < -0.3 is 15.4 Å². The summed E-state index contributed by atoms with van der Waals surface area (Å²) in [5, 5.41) is 6.10. The molecule has 0 bridgehead atoms. The van der Waals surface area contributed by atoms with E-state index in [0.717, 1.165) is 29.8 Å². The van der Waals surface area contributed by atoms with E-state index in [1.165, 1.54) is 0 Å². The predicted molar refractivity (Wildman–Crippen MR) is 73.0 cm³/mol. The number of amides is 1. The first-order chi connectivity index (χ1) is 8.66. The first-order valence-corrected chi connectivity index (χ1v) is 6.21. The quantitative estimate of drug-likeness (QED) is 0.717. The van der Waals surface area contributed by atoms with Crippen molar-refractivity contribution < 1.29 is 9.53 Å². The molecule has 1 amide bonds. The summed E-state index contributed by atoms with van der Waals surface area (Å²) in [6.45, 7) is 6.77. The van der Waals surface area contributed by atoms with Crippen molar-refractivity contribution >= 4 is 5.91 Å². The molecule has 2 N–H and O–H groups in total. The molecule has 18 heavy (non-hydrogen) atoms. The lowest BCUT2D eigenvalue weighted by atomic mass is 10.0. The molecule has 1 rings (SSSR count). The van der Waals surface area contributed by atoms with Gasteiger partial charge in [0, 0.05) is 32.3 Å². The lowest BCUT2D eigenvalue weighted by Gasteiger charge is -2.10.